The average Bonchev–Trinajstić information content (AvgIpc) is 2.40. The molecule has 17 heavy (non-hydrogen) atoms. The van der Waals surface area contributed by atoms with Crippen molar-refractivity contribution >= 4 is 11.8 Å². The predicted molar refractivity (Wildman–Crippen MR) is 64.6 cm³/mol. The van der Waals surface area contributed by atoms with Crippen molar-refractivity contribution in [2.45, 2.75) is 19.3 Å². The second kappa shape index (κ2) is 5.63. The summed E-state index contributed by atoms with van der Waals surface area (Å²) in [7, 11) is 1.38. The third kappa shape index (κ3) is 2.94. The van der Waals surface area contributed by atoms with E-state index < -0.39 is 0 Å². The molecule has 5 nitrogen and oxygen atoms in total. The number of nitrogens with zero attached hydrogens (tertiary/aromatic N) is 2. The lowest BCUT2D eigenvalue weighted by molar-refractivity contribution is 0.0601. The van der Waals surface area contributed by atoms with E-state index in [0.29, 0.717) is 11.4 Å². The van der Waals surface area contributed by atoms with Crippen LogP contribution in [0.25, 0.3) is 0 Å². The van der Waals surface area contributed by atoms with E-state index in [4.69, 9.17) is 4.74 Å². The summed E-state index contributed by atoms with van der Waals surface area (Å²) in [6.45, 7) is 1.97. The highest BCUT2D eigenvalue weighted by Crippen LogP contribution is 2.16. The largest absolute Gasteiger partial charge is 0.465 e. The van der Waals surface area contributed by atoms with Crippen molar-refractivity contribution in [3.63, 3.8) is 0 Å². The van der Waals surface area contributed by atoms with Crippen LogP contribution in [0.2, 0.25) is 0 Å². The Labute approximate surface area is 101 Å². The molecule has 1 fully saturated rings. The van der Waals surface area contributed by atoms with Crippen LogP contribution in [0.4, 0.5) is 5.82 Å². The van der Waals surface area contributed by atoms with Crippen molar-refractivity contribution in [1.82, 2.24) is 9.99 Å². The molecule has 5 heteroatoms. The fourth-order valence-corrected chi connectivity index (χ4v) is 1.92. The van der Waals surface area contributed by atoms with Crippen molar-refractivity contribution in [1.29, 1.82) is 0 Å². The Morgan fingerprint density at radius 3 is 2.88 bits per heavy atom. The Morgan fingerprint density at radius 1 is 1.41 bits per heavy atom. The number of nitrogens with one attached hydrogen (secondary N) is 1. The van der Waals surface area contributed by atoms with Crippen LogP contribution >= 0.6 is 0 Å². The van der Waals surface area contributed by atoms with Crippen LogP contribution in [0, 0.1) is 0 Å². The Morgan fingerprint density at radius 2 is 2.18 bits per heavy atom. The first-order valence-electron chi connectivity index (χ1n) is 5.86. The summed E-state index contributed by atoms with van der Waals surface area (Å²) in [6, 6.07) is 3.44. The zero-order valence-electron chi connectivity index (χ0n) is 9.98. The molecule has 1 aromatic rings. The number of rotatable bonds is 3. The highest BCUT2D eigenvalue weighted by Gasteiger charge is 2.16. The van der Waals surface area contributed by atoms with Crippen LogP contribution in [0.15, 0.2) is 18.3 Å². The maximum absolute atomic E-state index is 11.6. The molecule has 0 spiro atoms. The molecule has 0 bridgehead atoms. The summed E-state index contributed by atoms with van der Waals surface area (Å²) in [4.78, 5) is 15.7. The minimum absolute atomic E-state index is 0.363. The molecule has 1 N–H and O–H groups in total. The van der Waals surface area contributed by atoms with E-state index in [-0.39, 0.29) is 5.97 Å². The number of methoxy groups -OCH3 is 1. The van der Waals surface area contributed by atoms with Crippen molar-refractivity contribution < 1.29 is 9.53 Å². The van der Waals surface area contributed by atoms with E-state index >= 15 is 0 Å². The zero-order chi connectivity index (χ0) is 12.1. The first-order chi connectivity index (χ1) is 8.31. The van der Waals surface area contributed by atoms with Gasteiger partial charge in [0.25, 0.3) is 0 Å². The van der Waals surface area contributed by atoms with Crippen molar-refractivity contribution in [2.24, 2.45) is 0 Å². The third-order valence-corrected chi connectivity index (χ3v) is 2.83. The van der Waals surface area contributed by atoms with Gasteiger partial charge < -0.3 is 10.2 Å². The van der Waals surface area contributed by atoms with E-state index in [0.717, 1.165) is 13.1 Å². The Bertz CT molecular complexity index is 389. The molecule has 2 heterocycles. The summed E-state index contributed by atoms with van der Waals surface area (Å²) in [6.07, 6.45) is 5.28. The molecule has 0 saturated carbocycles. The number of hydrazine groups is 1. The van der Waals surface area contributed by atoms with Crippen LogP contribution in [0.5, 0.6) is 0 Å². The number of carbonyl (C=O) groups is 1. The molecule has 0 atom stereocenters. The normalized spacial score (nSPS) is 16.5. The molecular weight excluding hydrogens is 218 g/mol. The number of pyridine rings is 1. The predicted octanol–water partition coefficient (Wildman–Crippen LogP) is 1.68. The van der Waals surface area contributed by atoms with E-state index in [1.165, 1.54) is 26.4 Å². The molecule has 0 radical (unpaired) electrons. The summed E-state index contributed by atoms with van der Waals surface area (Å²) in [5.41, 5.74) is 3.66. The maximum atomic E-state index is 11.6. The standard InChI is InChI=1S/C12H17N3O2/c1-17-12(16)10-6-5-7-13-11(10)14-15-8-3-2-4-9-15/h5-7H,2-4,8-9H2,1H3,(H,13,14). The van der Waals surface area contributed by atoms with Crippen LogP contribution < -0.4 is 5.43 Å². The molecule has 0 unspecified atom stereocenters. The molecule has 0 amide bonds. The first kappa shape index (κ1) is 11.9. The molecule has 1 aliphatic heterocycles. The molecule has 1 saturated heterocycles. The van der Waals surface area contributed by atoms with Gasteiger partial charge in [-0.2, -0.15) is 0 Å². The van der Waals surface area contributed by atoms with Gasteiger partial charge in [0.05, 0.1) is 7.11 Å². The quantitative estimate of drug-likeness (QED) is 0.808. The smallest absolute Gasteiger partial charge is 0.341 e. The lowest BCUT2D eigenvalue weighted by Crippen LogP contribution is -2.35. The fraction of sp³-hybridized carbons (Fsp3) is 0.500. The van der Waals surface area contributed by atoms with Gasteiger partial charge in [-0.1, -0.05) is 6.42 Å². The topological polar surface area (TPSA) is 54.5 Å². The number of hydrogen-bond acceptors (Lipinski definition) is 5. The molecular formula is C12H17N3O2. The number of esters is 1. The van der Waals surface area contributed by atoms with Gasteiger partial charge in [-0.05, 0) is 25.0 Å². The minimum atomic E-state index is -0.363. The molecule has 1 aliphatic rings. The number of piperidine rings is 1. The minimum Gasteiger partial charge on any atom is -0.465 e. The van der Waals surface area contributed by atoms with Crippen LogP contribution in [-0.2, 0) is 4.74 Å². The van der Waals surface area contributed by atoms with Crippen molar-refractivity contribution in [2.75, 3.05) is 25.6 Å². The number of hydrogen-bond donors (Lipinski definition) is 1. The number of aromatic nitrogens is 1. The van der Waals surface area contributed by atoms with Gasteiger partial charge in [0.15, 0.2) is 5.82 Å². The third-order valence-electron chi connectivity index (χ3n) is 2.83. The van der Waals surface area contributed by atoms with Gasteiger partial charge in [-0.15, -0.1) is 0 Å². The van der Waals surface area contributed by atoms with Gasteiger partial charge in [0, 0.05) is 19.3 Å². The molecule has 0 aromatic carbocycles. The number of anilines is 1. The molecule has 0 aliphatic carbocycles. The van der Waals surface area contributed by atoms with Gasteiger partial charge in [0.1, 0.15) is 5.56 Å². The van der Waals surface area contributed by atoms with Crippen LogP contribution in [0.3, 0.4) is 0 Å². The lowest BCUT2D eigenvalue weighted by Gasteiger charge is -2.27. The number of carbonyl (C=O) groups excluding carboxylic acids is 1. The second-order valence-electron chi connectivity index (χ2n) is 4.05. The van der Waals surface area contributed by atoms with Crippen LogP contribution in [0.1, 0.15) is 29.6 Å². The fourth-order valence-electron chi connectivity index (χ4n) is 1.92. The van der Waals surface area contributed by atoms with Crippen molar-refractivity contribution in [3.05, 3.63) is 23.9 Å². The molecule has 2 rings (SSSR count). The van der Waals surface area contributed by atoms with E-state index in [1.54, 1.807) is 18.3 Å². The van der Waals surface area contributed by atoms with E-state index in [2.05, 4.69) is 15.4 Å². The summed E-state index contributed by atoms with van der Waals surface area (Å²) in [5, 5.41) is 2.10. The summed E-state index contributed by atoms with van der Waals surface area (Å²) < 4.78 is 4.73. The molecule has 1 aromatic heterocycles. The average molecular weight is 235 g/mol. The second-order valence-corrected chi connectivity index (χ2v) is 4.05. The maximum Gasteiger partial charge on any atom is 0.341 e. The first-order valence-corrected chi connectivity index (χ1v) is 5.86. The zero-order valence-corrected chi connectivity index (χ0v) is 9.98. The highest BCUT2D eigenvalue weighted by molar-refractivity contribution is 5.94. The Kier molecular flexibility index (Phi) is 3.93. The SMILES string of the molecule is COC(=O)c1cccnc1NN1CCCCC1. The van der Waals surface area contributed by atoms with Gasteiger partial charge in [-0.3, -0.25) is 0 Å². The van der Waals surface area contributed by atoms with E-state index in [9.17, 15) is 4.79 Å². The van der Waals surface area contributed by atoms with Gasteiger partial charge in [-0.25, -0.2) is 14.8 Å². The van der Waals surface area contributed by atoms with Gasteiger partial charge in [0.2, 0.25) is 0 Å². The lowest BCUT2D eigenvalue weighted by atomic mass is 10.2. The van der Waals surface area contributed by atoms with Crippen LogP contribution in [-0.4, -0.2) is 36.2 Å². The van der Waals surface area contributed by atoms with E-state index in [1.807, 2.05) is 0 Å². The van der Waals surface area contributed by atoms with Gasteiger partial charge >= 0.3 is 5.97 Å². The Balaban J connectivity index is 2.11. The summed E-state index contributed by atoms with van der Waals surface area (Å²) in [5.74, 6) is 0.207. The molecule has 92 valence electrons. The number of ether oxygens (including phenoxy) is 1. The monoisotopic (exact) mass is 235 g/mol. The Hall–Kier alpha value is -1.62. The van der Waals surface area contributed by atoms with Crippen molar-refractivity contribution in [3.8, 4) is 0 Å². The highest BCUT2D eigenvalue weighted by atomic mass is 16.5. The summed E-state index contributed by atoms with van der Waals surface area (Å²) >= 11 is 0.